The summed E-state index contributed by atoms with van der Waals surface area (Å²) in [4.78, 5) is 11.9. The van der Waals surface area contributed by atoms with Gasteiger partial charge in [0, 0.05) is 12.6 Å². The summed E-state index contributed by atoms with van der Waals surface area (Å²) in [5, 5.41) is 4.18. The van der Waals surface area contributed by atoms with Gasteiger partial charge in [0.25, 0.3) is 5.91 Å². The van der Waals surface area contributed by atoms with Gasteiger partial charge in [0.05, 0.1) is 0 Å². The van der Waals surface area contributed by atoms with Crippen LogP contribution in [0.4, 0.5) is 8.78 Å². The molecule has 0 aromatic carbocycles. The molecule has 2 rings (SSSR count). The van der Waals surface area contributed by atoms with Crippen LogP contribution in [0.1, 0.15) is 22.5 Å². The van der Waals surface area contributed by atoms with E-state index in [4.69, 9.17) is 5.73 Å². The SMILES string of the molecule is NC(CNC(=O)c1sccc1OC(F)F)C1CC1. The van der Waals surface area contributed by atoms with E-state index < -0.39 is 12.5 Å². The van der Waals surface area contributed by atoms with Crippen molar-refractivity contribution in [2.75, 3.05) is 6.54 Å². The van der Waals surface area contributed by atoms with Crippen molar-refractivity contribution in [3.63, 3.8) is 0 Å². The van der Waals surface area contributed by atoms with Crippen LogP contribution in [-0.4, -0.2) is 25.1 Å². The molecule has 7 heteroatoms. The molecular weight excluding hydrogens is 262 g/mol. The second-order valence-electron chi connectivity index (χ2n) is 4.20. The molecule has 0 saturated heterocycles. The van der Waals surface area contributed by atoms with Crippen LogP contribution in [0.5, 0.6) is 5.75 Å². The second-order valence-corrected chi connectivity index (χ2v) is 5.12. The highest BCUT2D eigenvalue weighted by atomic mass is 32.1. The number of ether oxygens (including phenoxy) is 1. The lowest BCUT2D eigenvalue weighted by Gasteiger charge is -2.11. The Morgan fingerprint density at radius 3 is 2.94 bits per heavy atom. The fourth-order valence-corrected chi connectivity index (χ4v) is 2.37. The summed E-state index contributed by atoms with van der Waals surface area (Å²) < 4.78 is 28.5. The van der Waals surface area contributed by atoms with E-state index in [-0.39, 0.29) is 16.7 Å². The highest BCUT2D eigenvalue weighted by molar-refractivity contribution is 7.12. The molecule has 100 valence electrons. The zero-order chi connectivity index (χ0) is 13.1. The summed E-state index contributed by atoms with van der Waals surface area (Å²) in [6.07, 6.45) is 2.19. The highest BCUT2D eigenvalue weighted by Gasteiger charge is 2.29. The largest absolute Gasteiger partial charge is 0.433 e. The van der Waals surface area contributed by atoms with E-state index in [0.29, 0.717) is 12.5 Å². The quantitative estimate of drug-likeness (QED) is 0.833. The number of halogens is 2. The van der Waals surface area contributed by atoms with Crippen LogP contribution in [0.2, 0.25) is 0 Å². The molecule has 1 heterocycles. The molecular formula is C11H14F2N2O2S. The molecule has 1 saturated carbocycles. The third-order valence-corrected chi connectivity index (χ3v) is 3.67. The molecule has 3 N–H and O–H groups in total. The van der Waals surface area contributed by atoms with Crippen LogP contribution in [0.25, 0.3) is 0 Å². The summed E-state index contributed by atoms with van der Waals surface area (Å²) in [5.41, 5.74) is 5.84. The number of hydrogen-bond donors (Lipinski definition) is 2. The zero-order valence-electron chi connectivity index (χ0n) is 9.57. The van der Waals surface area contributed by atoms with Gasteiger partial charge < -0.3 is 15.8 Å². The fraction of sp³-hybridized carbons (Fsp3) is 0.545. The van der Waals surface area contributed by atoms with E-state index in [9.17, 15) is 13.6 Å². The molecule has 0 radical (unpaired) electrons. The Morgan fingerprint density at radius 2 is 2.33 bits per heavy atom. The summed E-state index contributed by atoms with van der Waals surface area (Å²) >= 11 is 1.06. The molecule has 1 aliphatic rings. The van der Waals surface area contributed by atoms with Gasteiger partial charge in [-0.2, -0.15) is 8.78 Å². The van der Waals surface area contributed by atoms with E-state index in [1.807, 2.05) is 0 Å². The molecule has 1 aromatic heterocycles. The van der Waals surface area contributed by atoms with Gasteiger partial charge in [-0.3, -0.25) is 4.79 Å². The lowest BCUT2D eigenvalue weighted by atomic mass is 10.2. The van der Waals surface area contributed by atoms with Crippen LogP contribution in [-0.2, 0) is 0 Å². The first-order chi connectivity index (χ1) is 8.58. The number of nitrogens with two attached hydrogens (primary N) is 1. The molecule has 4 nitrogen and oxygen atoms in total. The number of nitrogens with one attached hydrogen (secondary N) is 1. The maximum atomic E-state index is 12.1. The molecule has 1 amide bonds. The summed E-state index contributed by atoms with van der Waals surface area (Å²) in [6.45, 7) is -2.57. The van der Waals surface area contributed by atoms with Gasteiger partial charge in [-0.05, 0) is 30.2 Å². The number of alkyl halides is 2. The normalized spacial score (nSPS) is 16.7. The van der Waals surface area contributed by atoms with E-state index in [0.717, 1.165) is 24.2 Å². The Balaban J connectivity index is 1.89. The molecule has 0 aliphatic heterocycles. The summed E-state index contributed by atoms with van der Waals surface area (Å²) in [7, 11) is 0. The maximum absolute atomic E-state index is 12.1. The number of hydrogen-bond acceptors (Lipinski definition) is 4. The molecule has 1 aromatic rings. The Bertz CT molecular complexity index is 421. The number of amides is 1. The highest BCUT2D eigenvalue weighted by Crippen LogP contribution is 2.31. The maximum Gasteiger partial charge on any atom is 0.387 e. The van der Waals surface area contributed by atoms with Crippen molar-refractivity contribution < 1.29 is 18.3 Å². The Hall–Kier alpha value is -1.21. The van der Waals surface area contributed by atoms with E-state index >= 15 is 0 Å². The van der Waals surface area contributed by atoms with Crippen molar-refractivity contribution in [1.29, 1.82) is 0 Å². The van der Waals surface area contributed by atoms with Crippen molar-refractivity contribution in [3.8, 4) is 5.75 Å². The Kier molecular flexibility index (Phi) is 4.13. The average Bonchev–Trinajstić information content (AvgIpc) is 3.06. The minimum absolute atomic E-state index is 0.0617. The molecule has 1 fully saturated rings. The minimum atomic E-state index is -2.93. The van der Waals surface area contributed by atoms with Crippen molar-refractivity contribution in [2.45, 2.75) is 25.5 Å². The van der Waals surface area contributed by atoms with Gasteiger partial charge >= 0.3 is 6.61 Å². The van der Waals surface area contributed by atoms with Crippen molar-refractivity contribution >= 4 is 17.2 Å². The lowest BCUT2D eigenvalue weighted by molar-refractivity contribution is -0.0498. The third-order valence-electron chi connectivity index (χ3n) is 2.78. The smallest absolute Gasteiger partial charge is 0.387 e. The molecule has 0 bridgehead atoms. The third kappa shape index (κ3) is 3.39. The van der Waals surface area contributed by atoms with Gasteiger partial charge in [-0.1, -0.05) is 0 Å². The number of carbonyl (C=O) groups excluding carboxylic acids is 1. The predicted molar refractivity (Wildman–Crippen MR) is 64.0 cm³/mol. The van der Waals surface area contributed by atoms with E-state index in [1.165, 1.54) is 11.4 Å². The molecule has 18 heavy (non-hydrogen) atoms. The first-order valence-electron chi connectivity index (χ1n) is 5.64. The summed E-state index contributed by atoms with van der Waals surface area (Å²) in [5.74, 6) is -0.0327. The number of rotatable bonds is 6. The lowest BCUT2D eigenvalue weighted by Crippen LogP contribution is -2.38. The standard InChI is InChI=1S/C11H14F2N2O2S/c12-11(13)17-8-3-4-18-9(8)10(16)15-5-7(14)6-1-2-6/h3-4,6-7,11H,1-2,5,14H2,(H,15,16). The minimum Gasteiger partial charge on any atom is -0.433 e. The van der Waals surface area contributed by atoms with E-state index in [2.05, 4.69) is 10.1 Å². The van der Waals surface area contributed by atoms with Crippen LogP contribution in [0, 0.1) is 5.92 Å². The van der Waals surface area contributed by atoms with Crippen molar-refractivity contribution in [2.24, 2.45) is 11.7 Å². The Labute approximate surface area is 107 Å². The molecule has 1 atom stereocenters. The van der Waals surface area contributed by atoms with Gasteiger partial charge in [-0.15, -0.1) is 11.3 Å². The van der Waals surface area contributed by atoms with Crippen molar-refractivity contribution in [3.05, 3.63) is 16.3 Å². The molecule has 0 spiro atoms. The number of carbonyl (C=O) groups is 1. The summed E-state index contributed by atoms with van der Waals surface area (Å²) in [6, 6.07) is 1.29. The van der Waals surface area contributed by atoms with Crippen molar-refractivity contribution in [1.82, 2.24) is 5.32 Å². The zero-order valence-corrected chi connectivity index (χ0v) is 10.4. The first kappa shape index (κ1) is 13.2. The first-order valence-corrected chi connectivity index (χ1v) is 6.52. The van der Waals surface area contributed by atoms with Crippen LogP contribution < -0.4 is 15.8 Å². The van der Waals surface area contributed by atoms with Gasteiger partial charge in [0.2, 0.25) is 0 Å². The average molecular weight is 276 g/mol. The van der Waals surface area contributed by atoms with Crippen LogP contribution in [0.3, 0.4) is 0 Å². The molecule has 1 aliphatic carbocycles. The second kappa shape index (κ2) is 5.62. The predicted octanol–water partition coefficient (Wildman–Crippen LogP) is 1.82. The van der Waals surface area contributed by atoms with Crippen LogP contribution >= 0.6 is 11.3 Å². The van der Waals surface area contributed by atoms with E-state index in [1.54, 1.807) is 0 Å². The Morgan fingerprint density at radius 1 is 1.61 bits per heavy atom. The van der Waals surface area contributed by atoms with Gasteiger partial charge in [0.15, 0.2) is 0 Å². The van der Waals surface area contributed by atoms with Crippen LogP contribution in [0.15, 0.2) is 11.4 Å². The topological polar surface area (TPSA) is 64.3 Å². The molecule has 1 unspecified atom stereocenters. The monoisotopic (exact) mass is 276 g/mol. The van der Waals surface area contributed by atoms with Gasteiger partial charge in [0.1, 0.15) is 10.6 Å². The number of thiophene rings is 1. The fourth-order valence-electron chi connectivity index (χ4n) is 1.63. The van der Waals surface area contributed by atoms with Gasteiger partial charge in [-0.25, -0.2) is 0 Å².